The molecule has 0 saturated carbocycles. The smallest absolute Gasteiger partial charge is 0.489 e. The fourth-order valence-electron chi connectivity index (χ4n) is 2.31. The van der Waals surface area contributed by atoms with E-state index < -0.39 is 11.3 Å². The van der Waals surface area contributed by atoms with Crippen molar-refractivity contribution in [3.8, 4) is 23.1 Å². The molecule has 0 fully saturated rings. The van der Waals surface area contributed by atoms with Crippen molar-refractivity contribution in [2.45, 2.75) is 13.0 Å². The predicted octanol–water partition coefficient (Wildman–Crippen LogP) is 5.26. The number of nitrogens with zero attached hydrogens (tertiary/aromatic N) is 2. The molecule has 0 aliphatic carbocycles. The van der Waals surface area contributed by atoms with E-state index in [1.165, 1.54) is 48.7 Å². The Balaban J connectivity index is 1.62. The Morgan fingerprint density at radius 1 is 0.966 bits per heavy atom. The molecule has 7 nitrogen and oxygen atoms in total. The van der Waals surface area contributed by atoms with E-state index in [0.29, 0.717) is 17.1 Å². The molecule has 1 heterocycles. The van der Waals surface area contributed by atoms with E-state index >= 15 is 0 Å². The van der Waals surface area contributed by atoms with Crippen molar-refractivity contribution in [2.75, 3.05) is 0 Å². The minimum Gasteiger partial charge on any atom is -0.489 e. The lowest BCUT2D eigenvalue weighted by atomic mass is 10.2. The molecule has 0 amide bonds. The van der Waals surface area contributed by atoms with Crippen LogP contribution in [0.2, 0.25) is 0 Å². The number of alkyl halides is 3. The van der Waals surface area contributed by atoms with Crippen LogP contribution in [0.25, 0.3) is 0 Å². The van der Waals surface area contributed by atoms with E-state index in [-0.39, 0.29) is 23.9 Å². The van der Waals surface area contributed by atoms with Crippen molar-refractivity contribution >= 4 is 5.69 Å². The molecule has 29 heavy (non-hydrogen) atoms. The summed E-state index contributed by atoms with van der Waals surface area (Å²) in [5.41, 5.74) is 0.213. The molecule has 150 valence electrons. The van der Waals surface area contributed by atoms with Crippen molar-refractivity contribution in [2.24, 2.45) is 0 Å². The number of rotatable bonds is 7. The third kappa shape index (κ3) is 5.83. The van der Waals surface area contributed by atoms with Crippen LogP contribution in [-0.2, 0) is 6.61 Å². The molecule has 0 bridgehead atoms. The highest BCUT2D eigenvalue weighted by atomic mass is 19.4. The molecule has 10 heteroatoms. The summed E-state index contributed by atoms with van der Waals surface area (Å²) in [6.07, 6.45) is -3.39. The predicted molar refractivity (Wildman–Crippen MR) is 94.9 cm³/mol. The maximum Gasteiger partial charge on any atom is 0.573 e. The van der Waals surface area contributed by atoms with Gasteiger partial charge in [0.2, 0.25) is 0 Å². The van der Waals surface area contributed by atoms with Crippen molar-refractivity contribution in [1.29, 1.82) is 0 Å². The average Bonchev–Trinajstić information content (AvgIpc) is 2.67. The first kappa shape index (κ1) is 19.9. The van der Waals surface area contributed by atoms with Gasteiger partial charge in [-0.05, 0) is 48.0 Å². The van der Waals surface area contributed by atoms with Crippen LogP contribution >= 0.6 is 0 Å². The van der Waals surface area contributed by atoms with Crippen LogP contribution in [0.1, 0.15) is 5.56 Å². The summed E-state index contributed by atoms with van der Waals surface area (Å²) in [5, 5.41) is 11.0. The fourth-order valence-corrected chi connectivity index (χ4v) is 2.31. The summed E-state index contributed by atoms with van der Waals surface area (Å²) in [6.45, 7) is 0.0149. The van der Waals surface area contributed by atoms with Gasteiger partial charge in [-0.25, -0.2) is 4.98 Å². The van der Waals surface area contributed by atoms with Crippen molar-refractivity contribution < 1.29 is 32.3 Å². The van der Waals surface area contributed by atoms with Crippen LogP contribution in [0, 0.1) is 10.1 Å². The summed E-state index contributed by atoms with van der Waals surface area (Å²) in [5.74, 6) is 0.252. The minimum atomic E-state index is -4.77. The van der Waals surface area contributed by atoms with Gasteiger partial charge < -0.3 is 14.2 Å². The highest BCUT2D eigenvalue weighted by molar-refractivity contribution is 5.43. The molecule has 0 unspecified atom stereocenters. The molecule has 0 atom stereocenters. The van der Waals surface area contributed by atoms with Gasteiger partial charge in [0, 0.05) is 12.3 Å². The van der Waals surface area contributed by atoms with Crippen molar-refractivity contribution in [3.63, 3.8) is 0 Å². The standard InChI is InChI=1S/C19H13F3N2O5/c20-19(21,22)29-16-4-1-3-13(11-16)12-27-14-6-8-15(9-7-14)28-18-17(24(25)26)5-2-10-23-18/h1-11H,12H2. The summed E-state index contributed by atoms with van der Waals surface area (Å²) in [7, 11) is 0. The summed E-state index contributed by atoms with van der Waals surface area (Å²) in [6, 6.07) is 14.3. The topological polar surface area (TPSA) is 83.7 Å². The minimum absolute atomic E-state index is 0.0149. The first-order valence-electron chi connectivity index (χ1n) is 8.15. The van der Waals surface area contributed by atoms with E-state index in [1.807, 2.05) is 0 Å². The van der Waals surface area contributed by atoms with Crippen LogP contribution in [0.5, 0.6) is 23.1 Å². The van der Waals surface area contributed by atoms with E-state index in [0.717, 1.165) is 0 Å². The molecule has 0 N–H and O–H groups in total. The Kier molecular flexibility index (Phi) is 5.82. The molecule has 1 aromatic heterocycles. The Bertz CT molecular complexity index is 994. The Morgan fingerprint density at radius 2 is 1.69 bits per heavy atom. The second-order valence-corrected chi connectivity index (χ2v) is 5.64. The largest absolute Gasteiger partial charge is 0.573 e. The normalized spacial score (nSPS) is 11.0. The highest BCUT2D eigenvalue weighted by Crippen LogP contribution is 2.29. The Morgan fingerprint density at radius 3 is 2.38 bits per heavy atom. The lowest BCUT2D eigenvalue weighted by Crippen LogP contribution is -2.17. The lowest BCUT2D eigenvalue weighted by Gasteiger charge is -2.11. The fraction of sp³-hybridized carbons (Fsp3) is 0.105. The lowest BCUT2D eigenvalue weighted by molar-refractivity contribution is -0.386. The molecule has 0 radical (unpaired) electrons. The monoisotopic (exact) mass is 406 g/mol. The molecule has 0 aliphatic rings. The quantitative estimate of drug-likeness (QED) is 0.393. The summed E-state index contributed by atoms with van der Waals surface area (Å²) in [4.78, 5) is 14.2. The molecule has 2 aromatic carbocycles. The SMILES string of the molecule is O=[N+]([O-])c1cccnc1Oc1ccc(OCc2cccc(OC(F)(F)F)c2)cc1. The van der Waals surface area contributed by atoms with E-state index in [9.17, 15) is 23.3 Å². The van der Waals surface area contributed by atoms with Gasteiger partial charge in [0.15, 0.2) is 0 Å². The zero-order chi connectivity index (χ0) is 20.9. The van der Waals surface area contributed by atoms with Crippen LogP contribution in [0.15, 0.2) is 66.9 Å². The van der Waals surface area contributed by atoms with Gasteiger partial charge in [-0.3, -0.25) is 10.1 Å². The highest BCUT2D eigenvalue weighted by Gasteiger charge is 2.31. The molecule has 0 saturated heterocycles. The van der Waals surface area contributed by atoms with Gasteiger partial charge in [-0.15, -0.1) is 13.2 Å². The first-order chi connectivity index (χ1) is 13.8. The third-order valence-corrected chi connectivity index (χ3v) is 3.52. The number of pyridine rings is 1. The van der Waals surface area contributed by atoms with Crippen molar-refractivity contribution in [1.82, 2.24) is 4.98 Å². The van der Waals surface area contributed by atoms with Gasteiger partial charge in [-0.2, -0.15) is 0 Å². The maximum absolute atomic E-state index is 12.3. The van der Waals surface area contributed by atoms with Gasteiger partial charge in [0.25, 0.3) is 5.88 Å². The molecular weight excluding hydrogens is 393 g/mol. The van der Waals surface area contributed by atoms with Gasteiger partial charge >= 0.3 is 12.0 Å². The van der Waals surface area contributed by atoms with Gasteiger partial charge in [0.1, 0.15) is 23.9 Å². The molecule has 0 spiro atoms. The van der Waals surface area contributed by atoms with Gasteiger partial charge in [0.05, 0.1) is 4.92 Å². The van der Waals surface area contributed by atoms with Crippen LogP contribution in [-0.4, -0.2) is 16.3 Å². The summed E-state index contributed by atoms with van der Waals surface area (Å²) < 4.78 is 51.7. The second kappa shape index (κ2) is 8.46. The van der Waals surface area contributed by atoms with Gasteiger partial charge in [-0.1, -0.05) is 12.1 Å². The third-order valence-electron chi connectivity index (χ3n) is 3.52. The van der Waals surface area contributed by atoms with Crippen molar-refractivity contribution in [3.05, 3.63) is 82.5 Å². The second-order valence-electron chi connectivity index (χ2n) is 5.64. The molecular formula is C19H13F3N2O5. The Labute approximate surface area is 162 Å². The number of halogens is 3. The van der Waals surface area contributed by atoms with E-state index in [1.54, 1.807) is 18.2 Å². The first-order valence-corrected chi connectivity index (χ1v) is 8.15. The van der Waals surface area contributed by atoms with Crippen LogP contribution in [0.3, 0.4) is 0 Å². The number of hydrogen-bond donors (Lipinski definition) is 0. The Hall–Kier alpha value is -3.82. The van der Waals surface area contributed by atoms with Crippen LogP contribution < -0.4 is 14.2 Å². The number of ether oxygens (including phenoxy) is 3. The van der Waals surface area contributed by atoms with E-state index in [2.05, 4.69) is 9.72 Å². The summed E-state index contributed by atoms with van der Waals surface area (Å²) >= 11 is 0. The molecule has 3 aromatic rings. The average molecular weight is 406 g/mol. The number of hydrogen-bond acceptors (Lipinski definition) is 6. The van der Waals surface area contributed by atoms with E-state index in [4.69, 9.17) is 9.47 Å². The number of nitro groups is 1. The molecule has 3 rings (SSSR count). The molecule has 0 aliphatic heterocycles. The zero-order valence-corrected chi connectivity index (χ0v) is 14.6. The van der Waals surface area contributed by atoms with Crippen LogP contribution in [0.4, 0.5) is 18.9 Å². The zero-order valence-electron chi connectivity index (χ0n) is 14.6. The number of benzene rings is 2. The number of aromatic nitrogens is 1. The maximum atomic E-state index is 12.3.